The minimum Gasteiger partial charge on any atom is -0.481 e. The Morgan fingerprint density at radius 2 is 2.05 bits per heavy atom. The van der Waals surface area contributed by atoms with Gasteiger partial charge in [-0.25, -0.2) is 0 Å². The normalized spacial score (nSPS) is 28.5. The van der Waals surface area contributed by atoms with Crippen LogP contribution < -0.4 is 0 Å². The average molecular weight is 319 g/mol. The summed E-state index contributed by atoms with van der Waals surface area (Å²) < 4.78 is 27.7. The summed E-state index contributed by atoms with van der Waals surface area (Å²) in [5, 5.41) is 8.68. The van der Waals surface area contributed by atoms with Gasteiger partial charge in [-0.3, -0.25) is 4.79 Å². The van der Waals surface area contributed by atoms with Gasteiger partial charge in [-0.2, -0.15) is 17.0 Å². The van der Waals surface area contributed by atoms with Gasteiger partial charge in [0.2, 0.25) is 0 Å². The highest BCUT2D eigenvalue weighted by Crippen LogP contribution is 2.31. The van der Waals surface area contributed by atoms with Crippen LogP contribution in [0.5, 0.6) is 0 Å². The minimum absolute atomic E-state index is 0.0160. The number of fused-ring (bicyclic) bond motifs is 1. The molecule has 0 aromatic rings. The van der Waals surface area contributed by atoms with E-state index in [9.17, 15) is 13.2 Å². The first-order valence-electron chi connectivity index (χ1n) is 7.46. The van der Waals surface area contributed by atoms with Gasteiger partial charge in [0.05, 0.1) is 6.42 Å². The van der Waals surface area contributed by atoms with Crippen LogP contribution in [0.2, 0.25) is 0 Å². The molecular weight excluding hydrogens is 294 g/mol. The molecule has 0 radical (unpaired) electrons. The highest BCUT2D eigenvalue weighted by molar-refractivity contribution is 7.86. The van der Waals surface area contributed by atoms with Crippen LogP contribution in [0.15, 0.2) is 0 Å². The van der Waals surface area contributed by atoms with Crippen molar-refractivity contribution in [3.63, 3.8) is 0 Å². The van der Waals surface area contributed by atoms with Gasteiger partial charge >= 0.3 is 5.97 Å². The van der Waals surface area contributed by atoms with Crippen molar-refractivity contribution < 1.29 is 18.3 Å². The molecule has 2 fully saturated rings. The zero-order valence-corrected chi connectivity index (χ0v) is 13.5. The molecular formula is C13H25N3O4S. The molecule has 122 valence electrons. The maximum absolute atomic E-state index is 12.5. The Kier molecular flexibility index (Phi) is 5.24. The third-order valence-corrected chi connectivity index (χ3v) is 6.62. The number of nitrogens with zero attached hydrogens (tertiary/aromatic N) is 3. The van der Waals surface area contributed by atoms with Crippen LogP contribution in [-0.2, 0) is 15.0 Å². The smallest absolute Gasteiger partial charge is 0.304 e. The van der Waals surface area contributed by atoms with Gasteiger partial charge in [0.25, 0.3) is 10.2 Å². The Morgan fingerprint density at radius 3 is 2.71 bits per heavy atom. The fourth-order valence-corrected chi connectivity index (χ4v) is 4.83. The number of hydrogen-bond acceptors (Lipinski definition) is 4. The SMILES string of the molecule is CN1CCCC2CN(S(=O)(=O)N(C)CCC(=O)O)CCC21. The molecule has 0 spiro atoms. The van der Waals surface area contributed by atoms with Crippen molar-refractivity contribution in [1.29, 1.82) is 0 Å². The zero-order chi connectivity index (χ0) is 15.6. The Labute approximate surface area is 126 Å². The van der Waals surface area contributed by atoms with Crippen LogP contribution >= 0.6 is 0 Å². The first-order chi connectivity index (χ1) is 9.82. The number of aliphatic carboxylic acids is 1. The average Bonchev–Trinajstić information content (AvgIpc) is 2.44. The van der Waals surface area contributed by atoms with Crippen molar-refractivity contribution in [1.82, 2.24) is 13.5 Å². The van der Waals surface area contributed by atoms with E-state index in [4.69, 9.17) is 5.11 Å². The molecule has 7 nitrogen and oxygen atoms in total. The van der Waals surface area contributed by atoms with Gasteiger partial charge in [0, 0.05) is 32.7 Å². The fourth-order valence-electron chi connectivity index (χ4n) is 3.39. The number of carbonyl (C=O) groups is 1. The second-order valence-corrected chi connectivity index (χ2v) is 8.11. The second kappa shape index (κ2) is 6.60. The fraction of sp³-hybridized carbons (Fsp3) is 0.923. The summed E-state index contributed by atoms with van der Waals surface area (Å²) in [4.78, 5) is 12.9. The summed E-state index contributed by atoms with van der Waals surface area (Å²) in [7, 11) is 0.0259. The van der Waals surface area contributed by atoms with Crippen LogP contribution in [0.25, 0.3) is 0 Å². The van der Waals surface area contributed by atoms with Crippen LogP contribution in [0, 0.1) is 5.92 Å². The van der Waals surface area contributed by atoms with E-state index in [0.717, 1.165) is 30.1 Å². The second-order valence-electron chi connectivity index (χ2n) is 6.07. The predicted octanol–water partition coefficient (Wildman–Crippen LogP) is 0.0538. The topological polar surface area (TPSA) is 81.2 Å². The first-order valence-corrected chi connectivity index (χ1v) is 8.85. The monoisotopic (exact) mass is 319 g/mol. The number of likely N-dealkylation sites (tertiary alicyclic amines) is 1. The van der Waals surface area contributed by atoms with Crippen molar-refractivity contribution >= 4 is 16.2 Å². The minimum atomic E-state index is -3.54. The van der Waals surface area contributed by atoms with Gasteiger partial charge in [-0.15, -0.1) is 0 Å². The summed E-state index contributed by atoms with van der Waals surface area (Å²) in [6, 6.07) is 0.481. The van der Waals surface area contributed by atoms with Gasteiger partial charge in [0.1, 0.15) is 0 Å². The Balaban J connectivity index is 1.99. The van der Waals surface area contributed by atoms with Crippen molar-refractivity contribution in [3.05, 3.63) is 0 Å². The van der Waals surface area contributed by atoms with E-state index in [2.05, 4.69) is 11.9 Å². The van der Waals surface area contributed by atoms with Crippen molar-refractivity contribution in [2.75, 3.05) is 40.3 Å². The lowest BCUT2D eigenvalue weighted by molar-refractivity contribution is -0.137. The van der Waals surface area contributed by atoms with E-state index in [0.29, 0.717) is 25.0 Å². The summed E-state index contributed by atoms with van der Waals surface area (Å²) in [6.45, 7) is 2.18. The van der Waals surface area contributed by atoms with E-state index in [1.54, 1.807) is 0 Å². The number of rotatable bonds is 5. The molecule has 2 atom stereocenters. The maximum atomic E-state index is 12.5. The van der Waals surface area contributed by atoms with E-state index in [1.807, 2.05) is 0 Å². The van der Waals surface area contributed by atoms with Crippen LogP contribution in [0.1, 0.15) is 25.7 Å². The Hall–Kier alpha value is -0.700. The molecule has 21 heavy (non-hydrogen) atoms. The zero-order valence-electron chi connectivity index (χ0n) is 12.7. The third kappa shape index (κ3) is 3.74. The summed E-state index contributed by atoms with van der Waals surface area (Å²) in [5.41, 5.74) is 0. The van der Waals surface area contributed by atoms with Gasteiger partial charge in [-0.1, -0.05) is 0 Å². The van der Waals surface area contributed by atoms with Crippen LogP contribution in [0.4, 0.5) is 0 Å². The number of carboxylic acids is 1. The molecule has 2 aliphatic heterocycles. The predicted molar refractivity (Wildman–Crippen MR) is 79.1 cm³/mol. The number of piperidine rings is 2. The molecule has 0 aliphatic carbocycles. The third-order valence-electron chi connectivity index (χ3n) is 4.67. The molecule has 2 heterocycles. The lowest BCUT2D eigenvalue weighted by Gasteiger charge is -2.45. The van der Waals surface area contributed by atoms with E-state index >= 15 is 0 Å². The molecule has 2 saturated heterocycles. The molecule has 2 aliphatic rings. The quantitative estimate of drug-likeness (QED) is 0.774. The molecule has 8 heteroatoms. The summed E-state index contributed by atoms with van der Waals surface area (Å²) in [6.07, 6.45) is 2.87. The van der Waals surface area contributed by atoms with Crippen molar-refractivity contribution in [3.8, 4) is 0 Å². The molecule has 1 N–H and O–H groups in total. The largest absolute Gasteiger partial charge is 0.481 e. The Bertz CT molecular complexity index is 482. The molecule has 0 aromatic heterocycles. The summed E-state index contributed by atoms with van der Waals surface area (Å²) >= 11 is 0. The number of carboxylic acid groups (broad SMARTS) is 1. The Morgan fingerprint density at radius 1 is 1.33 bits per heavy atom. The lowest BCUT2D eigenvalue weighted by Crippen LogP contribution is -2.55. The molecule has 0 aromatic carbocycles. The molecule has 2 rings (SSSR count). The van der Waals surface area contributed by atoms with Crippen molar-refractivity contribution in [2.24, 2.45) is 5.92 Å². The highest BCUT2D eigenvalue weighted by atomic mass is 32.2. The van der Waals surface area contributed by atoms with E-state index in [1.165, 1.54) is 11.4 Å². The number of hydrogen-bond donors (Lipinski definition) is 1. The molecule has 0 saturated carbocycles. The molecule has 2 unspecified atom stereocenters. The van der Waals surface area contributed by atoms with Gasteiger partial charge < -0.3 is 10.0 Å². The van der Waals surface area contributed by atoms with Crippen LogP contribution in [-0.4, -0.2) is 79.3 Å². The molecule has 0 bridgehead atoms. The summed E-state index contributed by atoms with van der Waals surface area (Å²) in [5.74, 6) is -0.593. The lowest BCUT2D eigenvalue weighted by atomic mass is 9.85. The van der Waals surface area contributed by atoms with Crippen molar-refractivity contribution in [2.45, 2.75) is 31.7 Å². The van der Waals surface area contributed by atoms with Gasteiger partial charge in [0.15, 0.2) is 0 Å². The van der Waals surface area contributed by atoms with E-state index in [-0.39, 0.29) is 13.0 Å². The standard InChI is InChI=1S/C13H25N3O4S/c1-14-7-3-4-11-10-16(9-5-12(11)14)21(19,20)15(2)8-6-13(17)18/h11-12H,3-10H2,1-2H3,(H,17,18). The molecule has 0 amide bonds. The van der Waals surface area contributed by atoms with Crippen LogP contribution in [0.3, 0.4) is 0 Å². The highest BCUT2D eigenvalue weighted by Gasteiger charge is 2.39. The maximum Gasteiger partial charge on any atom is 0.304 e. The van der Waals surface area contributed by atoms with E-state index < -0.39 is 16.2 Å². The van der Waals surface area contributed by atoms with Gasteiger partial charge in [-0.05, 0) is 38.8 Å². The first kappa shape index (κ1) is 16.7.